The monoisotopic (exact) mass is 192 g/mol. The van der Waals surface area contributed by atoms with Crippen molar-refractivity contribution in [2.75, 3.05) is 11.6 Å². The van der Waals surface area contributed by atoms with Gasteiger partial charge in [0.2, 0.25) is 0 Å². The zero-order valence-corrected chi connectivity index (χ0v) is 8.76. The van der Waals surface area contributed by atoms with Crippen LogP contribution in [0.1, 0.15) is 32.6 Å². The van der Waals surface area contributed by atoms with Gasteiger partial charge in [0.25, 0.3) is 0 Å². The molecule has 11 heavy (non-hydrogen) atoms. The summed E-state index contributed by atoms with van der Waals surface area (Å²) < 4.78 is 0. The van der Waals surface area contributed by atoms with E-state index in [1.165, 1.54) is 31.4 Å². The number of rotatable bonds is 5. The Morgan fingerprint density at radius 2 is 2.27 bits per heavy atom. The van der Waals surface area contributed by atoms with E-state index < -0.39 is 0 Å². The molecular formula is C9H17ClS. The molecule has 66 valence electrons. The fourth-order valence-electron chi connectivity index (χ4n) is 1.20. The van der Waals surface area contributed by atoms with E-state index in [0.717, 1.165) is 17.0 Å². The predicted octanol–water partition coefficient (Wildman–Crippen LogP) is 3.54. The largest absolute Gasteiger partial charge is 0.159 e. The van der Waals surface area contributed by atoms with E-state index in [9.17, 15) is 0 Å². The van der Waals surface area contributed by atoms with Crippen molar-refractivity contribution in [1.29, 1.82) is 0 Å². The molecule has 0 heterocycles. The van der Waals surface area contributed by atoms with Gasteiger partial charge < -0.3 is 0 Å². The van der Waals surface area contributed by atoms with E-state index in [0.29, 0.717) is 0 Å². The van der Waals surface area contributed by atoms with Crippen LogP contribution in [0.4, 0.5) is 0 Å². The van der Waals surface area contributed by atoms with E-state index in [-0.39, 0.29) is 0 Å². The van der Waals surface area contributed by atoms with Gasteiger partial charge in [-0.1, -0.05) is 13.3 Å². The Balaban J connectivity index is 1.92. The minimum absolute atomic E-state index is 0.771. The lowest BCUT2D eigenvalue weighted by Crippen LogP contribution is -2.15. The van der Waals surface area contributed by atoms with Crippen molar-refractivity contribution < 1.29 is 0 Å². The third-order valence-electron chi connectivity index (χ3n) is 2.36. The van der Waals surface area contributed by atoms with Crippen LogP contribution in [0.15, 0.2) is 0 Å². The lowest BCUT2D eigenvalue weighted by molar-refractivity contribution is 0.353. The van der Waals surface area contributed by atoms with Gasteiger partial charge in [-0.05, 0) is 30.9 Å². The maximum Gasteiger partial charge on any atom is 0.0233 e. The Labute approximate surface area is 79.1 Å². The molecule has 0 saturated heterocycles. The van der Waals surface area contributed by atoms with Crippen LogP contribution in [0.2, 0.25) is 0 Å². The molecule has 0 aromatic rings. The summed E-state index contributed by atoms with van der Waals surface area (Å²) in [4.78, 5) is 0. The number of thioether (sulfide) groups is 1. The maximum atomic E-state index is 5.65. The normalized spacial score (nSPS) is 21.3. The molecule has 1 aliphatic carbocycles. The van der Waals surface area contributed by atoms with Crippen molar-refractivity contribution in [1.82, 2.24) is 0 Å². The average Bonchev–Trinajstić information content (AvgIpc) is 1.85. The van der Waals surface area contributed by atoms with E-state index in [2.05, 4.69) is 18.7 Å². The molecule has 0 aliphatic heterocycles. The highest BCUT2D eigenvalue weighted by atomic mass is 35.5. The first-order valence-corrected chi connectivity index (χ1v) is 6.09. The summed E-state index contributed by atoms with van der Waals surface area (Å²) in [6.07, 6.45) is 5.58. The SMILES string of the molecule is CC(CCCl)SCC1CCC1. The van der Waals surface area contributed by atoms with E-state index in [1.807, 2.05) is 0 Å². The summed E-state index contributed by atoms with van der Waals surface area (Å²) in [6.45, 7) is 2.28. The van der Waals surface area contributed by atoms with Gasteiger partial charge in [0.15, 0.2) is 0 Å². The van der Waals surface area contributed by atoms with Crippen molar-refractivity contribution in [3.05, 3.63) is 0 Å². The molecule has 1 rings (SSSR count). The van der Waals surface area contributed by atoms with Crippen LogP contribution < -0.4 is 0 Å². The van der Waals surface area contributed by atoms with Crippen LogP contribution in [0.25, 0.3) is 0 Å². The number of hydrogen-bond donors (Lipinski definition) is 0. The first-order valence-electron chi connectivity index (χ1n) is 4.50. The average molecular weight is 193 g/mol. The Morgan fingerprint density at radius 1 is 1.55 bits per heavy atom. The van der Waals surface area contributed by atoms with Crippen LogP contribution >= 0.6 is 23.4 Å². The van der Waals surface area contributed by atoms with Crippen LogP contribution in [-0.4, -0.2) is 16.9 Å². The second kappa shape index (κ2) is 5.31. The Kier molecular flexibility index (Phi) is 4.70. The molecule has 0 aromatic carbocycles. The predicted molar refractivity (Wildman–Crippen MR) is 54.6 cm³/mol. The highest BCUT2D eigenvalue weighted by molar-refractivity contribution is 7.99. The fraction of sp³-hybridized carbons (Fsp3) is 1.00. The van der Waals surface area contributed by atoms with E-state index in [1.54, 1.807) is 0 Å². The molecule has 2 heteroatoms. The Hall–Kier alpha value is 0.640. The standard InChI is InChI=1S/C9H17ClS/c1-8(5-6-10)11-7-9-3-2-4-9/h8-9H,2-7H2,1H3. The Morgan fingerprint density at radius 3 is 2.73 bits per heavy atom. The van der Waals surface area contributed by atoms with Gasteiger partial charge in [0.1, 0.15) is 0 Å². The summed E-state index contributed by atoms with van der Waals surface area (Å²) in [7, 11) is 0. The molecule has 0 nitrogen and oxygen atoms in total. The van der Waals surface area contributed by atoms with Gasteiger partial charge in [-0.3, -0.25) is 0 Å². The second-order valence-electron chi connectivity index (χ2n) is 3.42. The first kappa shape index (κ1) is 9.73. The molecule has 0 aromatic heterocycles. The molecule has 1 saturated carbocycles. The van der Waals surface area contributed by atoms with Crippen LogP contribution in [-0.2, 0) is 0 Å². The summed E-state index contributed by atoms with van der Waals surface area (Å²) in [5, 5.41) is 0.771. The van der Waals surface area contributed by atoms with Gasteiger partial charge in [0.05, 0.1) is 0 Å². The summed E-state index contributed by atoms with van der Waals surface area (Å²) in [5.74, 6) is 3.23. The summed E-state index contributed by atoms with van der Waals surface area (Å²) in [6, 6.07) is 0. The minimum Gasteiger partial charge on any atom is -0.159 e. The van der Waals surface area contributed by atoms with Crippen molar-refractivity contribution in [3.63, 3.8) is 0 Å². The van der Waals surface area contributed by atoms with Crippen molar-refractivity contribution in [3.8, 4) is 0 Å². The molecule has 0 N–H and O–H groups in total. The van der Waals surface area contributed by atoms with Crippen molar-refractivity contribution >= 4 is 23.4 Å². The zero-order valence-electron chi connectivity index (χ0n) is 7.18. The number of alkyl halides is 1. The summed E-state index contributed by atoms with van der Waals surface area (Å²) >= 11 is 7.75. The molecule has 0 radical (unpaired) electrons. The highest BCUT2D eigenvalue weighted by Gasteiger charge is 2.17. The van der Waals surface area contributed by atoms with Crippen LogP contribution in [0.5, 0.6) is 0 Å². The van der Waals surface area contributed by atoms with Crippen LogP contribution in [0, 0.1) is 5.92 Å². The quantitative estimate of drug-likeness (QED) is 0.601. The van der Waals surface area contributed by atoms with E-state index in [4.69, 9.17) is 11.6 Å². The molecule has 1 atom stereocenters. The topological polar surface area (TPSA) is 0 Å². The molecule has 1 aliphatic rings. The lowest BCUT2D eigenvalue weighted by atomic mass is 9.87. The van der Waals surface area contributed by atoms with Gasteiger partial charge in [-0.2, -0.15) is 11.8 Å². The smallest absolute Gasteiger partial charge is 0.0233 e. The van der Waals surface area contributed by atoms with Crippen LogP contribution in [0.3, 0.4) is 0 Å². The molecule has 1 fully saturated rings. The molecular weight excluding hydrogens is 176 g/mol. The third kappa shape index (κ3) is 3.71. The maximum absolute atomic E-state index is 5.65. The molecule has 0 amide bonds. The van der Waals surface area contributed by atoms with Crippen molar-refractivity contribution in [2.45, 2.75) is 37.9 Å². The summed E-state index contributed by atoms with van der Waals surface area (Å²) in [5.41, 5.74) is 0. The number of halogens is 1. The minimum atomic E-state index is 0.771. The van der Waals surface area contributed by atoms with Gasteiger partial charge in [-0.15, -0.1) is 11.6 Å². The van der Waals surface area contributed by atoms with Crippen molar-refractivity contribution in [2.24, 2.45) is 5.92 Å². The Bertz CT molecular complexity index is 102. The fourth-order valence-corrected chi connectivity index (χ4v) is 2.87. The highest BCUT2D eigenvalue weighted by Crippen LogP contribution is 2.31. The van der Waals surface area contributed by atoms with E-state index >= 15 is 0 Å². The molecule has 0 bridgehead atoms. The van der Waals surface area contributed by atoms with Gasteiger partial charge in [0, 0.05) is 11.1 Å². The third-order valence-corrected chi connectivity index (χ3v) is 4.04. The van der Waals surface area contributed by atoms with Gasteiger partial charge >= 0.3 is 0 Å². The number of hydrogen-bond acceptors (Lipinski definition) is 1. The first-order chi connectivity index (χ1) is 5.33. The lowest BCUT2D eigenvalue weighted by Gasteiger charge is -2.25. The molecule has 0 spiro atoms. The second-order valence-corrected chi connectivity index (χ2v) is 5.27. The molecule has 1 unspecified atom stereocenters. The van der Waals surface area contributed by atoms with Gasteiger partial charge in [-0.25, -0.2) is 0 Å². The zero-order chi connectivity index (χ0) is 8.10.